The number of alkyl halides is 6. The molecule has 2 bridgehead atoms. The molecule has 3 heterocycles. The van der Waals surface area contributed by atoms with Crippen molar-refractivity contribution < 1.29 is 40.6 Å². The van der Waals surface area contributed by atoms with Crippen molar-refractivity contribution in [2.24, 2.45) is 11.8 Å². The molecular weight excluding hydrogens is 422 g/mol. The molecule has 7 nitrogen and oxygen atoms in total. The summed E-state index contributed by atoms with van der Waals surface area (Å²) in [6.07, 6.45) is -11.1. The van der Waals surface area contributed by atoms with Crippen molar-refractivity contribution in [3.05, 3.63) is 23.4 Å². The number of piperidine rings is 1. The number of hydrazine groups is 1. The SMILES string of the molecule is CC1(C)O[C@H]2[C@H]3C[C@@H]([C@H]2O1)N(c1cc(C(F)(F)F)cc(C(F)(F)F)n1)[C@@H]3C(=O)NN. The van der Waals surface area contributed by atoms with Crippen molar-refractivity contribution in [1.29, 1.82) is 0 Å². The number of amides is 1. The maximum atomic E-state index is 13.3. The Morgan fingerprint density at radius 3 is 2.37 bits per heavy atom. The molecule has 30 heavy (non-hydrogen) atoms. The fourth-order valence-corrected chi connectivity index (χ4v) is 4.66. The van der Waals surface area contributed by atoms with Gasteiger partial charge in [-0.25, -0.2) is 10.8 Å². The Labute approximate surface area is 166 Å². The summed E-state index contributed by atoms with van der Waals surface area (Å²) in [6.45, 7) is 3.27. The van der Waals surface area contributed by atoms with Crippen molar-refractivity contribution in [2.45, 2.75) is 62.7 Å². The number of nitrogens with zero attached hydrogens (tertiary/aromatic N) is 2. The van der Waals surface area contributed by atoms with Crippen LogP contribution < -0.4 is 16.2 Å². The van der Waals surface area contributed by atoms with Crippen LogP contribution in [0.1, 0.15) is 31.5 Å². The number of nitrogens with one attached hydrogen (secondary N) is 1. The highest BCUT2D eigenvalue weighted by Crippen LogP contribution is 2.52. The molecule has 0 spiro atoms. The maximum absolute atomic E-state index is 13.3. The summed E-state index contributed by atoms with van der Waals surface area (Å²) in [5.41, 5.74) is -1.29. The third kappa shape index (κ3) is 3.28. The number of rotatable bonds is 2. The van der Waals surface area contributed by atoms with Crippen molar-refractivity contribution in [1.82, 2.24) is 10.4 Å². The topological polar surface area (TPSA) is 89.7 Å². The van der Waals surface area contributed by atoms with E-state index in [9.17, 15) is 31.1 Å². The molecular formula is C17H18F6N4O3. The lowest BCUT2D eigenvalue weighted by atomic mass is 9.94. The van der Waals surface area contributed by atoms with Gasteiger partial charge in [-0.3, -0.25) is 10.2 Å². The van der Waals surface area contributed by atoms with Gasteiger partial charge in [-0.2, -0.15) is 26.3 Å². The number of fused-ring (bicyclic) bond motifs is 5. The highest BCUT2D eigenvalue weighted by atomic mass is 19.4. The largest absolute Gasteiger partial charge is 0.433 e. The van der Waals surface area contributed by atoms with Crippen molar-refractivity contribution in [3.8, 4) is 0 Å². The third-order valence-corrected chi connectivity index (χ3v) is 5.65. The number of hydrogen-bond donors (Lipinski definition) is 2. The quantitative estimate of drug-likeness (QED) is 0.317. The molecule has 1 aromatic rings. The van der Waals surface area contributed by atoms with Gasteiger partial charge in [0.2, 0.25) is 0 Å². The lowest BCUT2D eigenvalue weighted by molar-refractivity contribution is -0.155. The predicted octanol–water partition coefficient (Wildman–Crippen LogP) is 2.21. The van der Waals surface area contributed by atoms with Crippen LogP contribution in [-0.4, -0.2) is 41.0 Å². The summed E-state index contributed by atoms with van der Waals surface area (Å²) in [4.78, 5) is 17.0. The van der Waals surface area contributed by atoms with Crippen LogP contribution in [0.15, 0.2) is 12.1 Å². The molecule has 5 atom stereocenters. The van der Waals surface area contributed by atoms with E-state index in [0.717, 1.165) is 4.90 Å². The zero-order valence-electron chi connectivity index (χ0n) is 15.7. The van der Waals surface area contributed by atoms with Crippen LogP contribution in [0.4, 0.5) is 32.2 Å². The molecule has 3 N–H and O–H groups in total. The van der Waals surface area contributed by atoms with Gasteiger partial charge in [0.25, 0.3) is 5.91 Å². The van der Waals surface area contributed by atoms with Crippen LogP contribution in [0.25, 0.3) is 0 Å². The van der Waals surface area contributed by atoms with Crippen molar-refractivity contribution in [2.75, 3.05) is 4.90 Å². The summed E-state index contributed by atoms with van der Waals surface area (Å²) in [7, 11) is 0. The van der Waals surface area contributed by atoms with E-state index in [1.54, 1.807) is 13.8 Å². The molecule has 166 valence electrons. The van der Waals surface area contributed by atoms with Gasteiger partial charge in [0.15, 0.2) is 5.79 Å². The van der Waals surface area contributed by atoms with Gasteiger partial charge in [-0.15, -0.1) is 0 Å². The van der Waals surface area contributed by atoms with E-state index < -0.39 is 71.3 Å². The van der Waals surface area contributed by atoms with E-state index in [1.165, 1.54) is 0 Å². The Bertz CT molecular complexity index is 842. The number of anilines is 1. The fourth-order valence-electron chi connectivity index (χ4n) is 4.66. The summed E-state index contributed by atoms with van der Waals surface area (Å²) in [6, 6.07) is -1.42. The number of carbonyl (C=O) groups is 1. The summed E-state index contributed by atoms with van der Waals surface area (Å²) in [5.74, 6) is 2.30. The van der Waals surface area contributed by atoms with Gasteiger partial charge < -0.3 is 14.4 Å². The van der Waals surface area contributed by atoms with Crippen LogP contribution in [-0.2, 0) is 26.6 Å². The summed E-state index contributed by atoms with van der Waals surface area (Å²) in [5, 5.41) is 0. The number of carbonyl (C=O) groups excluding carboxylic acids is 1. The van der Waals surface area contributed by atoms with Gasteiger partial charge in [-0.05, 0) is 32.4 Å². The molecule has 2 aliphatic heterocycles. The Hall–Kier alpha value is -2.12. The summed E-state index contributed by atoms with van der Waals surface area (Å²) < 4.78 is 91.3. The molecule has 3 aliphatic rings. The van der Waals surface area contributed by atoms with Crippen LogP contribution in [0.3, 0.4) is 0 Å². The minimum atomic E-state index is -5.11. The molecule has 13 heteroatoms. The number of pyridine rings is 1. The molecule has 3 fully saturated rings. The van der Waals surface area contributed by atoms with Crippen LogP contribution in [0, 0.1) is 5.92 Å². The Morgan fingerprint density at radius 2 is 1.80 bits per heavy atom. The zero-order valence-corrected chi connectivity index (χ0v) is 15.7. The Balaban J connectivity index is 1.83. The van der Waals surface area contributed by atoms with Crippen LogP contribution in [0.5, 0.6) is 0 Å². The molecule has 0 aromatic carbocycles. The second kappa shape index (κ2) is 6.44. The monoisotopic (exact) mass is 440 g/mol. The van der Waals surface area contributed by atoms with Gasteiger partial charge in [-0.1, -0.05) is 0 Å². The smallest absolute Gasteiger partial charge is 0.344 e. The van der Waals surface area contributed by atoms with E-state index >= 15 is 0 Å². The zero-order chi connectivity index (χ0) is 22.2. The highest BCUT2D eigenvalue weighted by Gasteiger charge is 2.65. The normalized spacial score (nSPS) is 32.4. The van der Waals surface area contributed by atoms with Crippen LogP contribution >= 0.6 is 0 Å². The van der Waals surface area contributed by atoms with Gasteiger partial charge >= 0.3 is 12.4 Å². The highest BCUT2D eigenvalue weighted by molar-refractivity contribution is 5.86. The third-order valence-electron chi connectivity index (χ3n) is 5.65. The molecule has 0 radical (unpaired) electrons. The second-order valence-corrected chi connectivity index (χ2v) is 7.99. The maximum Gasteiger partial charge on any atom is 0.433 e. The number of hydrogen-bond acceptors (Lipinski definition) is 6. The van der Waals surface area contributed by atoms with E-state index in [4.69, 9.17) is 15.3 Å². The number of nitrogens with two attached hydrogens (primary N) is 1. The molecule has 4 rings (SSSR count). The fraction of sp³-hybridized carbons (Fsp3) is 0.647. The average molecular weight is 440 g/mol. The lowest BCUT2D eigenvalue weighted by Gasteiger charge is -2.39. The van der Waals surface area contributed by atoms with Gasteiger partial charge in [0.1, 0.15) is 23.7 Å². The second-order valence-electron chi connectivity index (χ2n) is 7.99. The minimum Gasteiger partial charge on any atom is -0.344 e. The van der Waals surface area contributed by atoms with E-state index in [0.29, 0.717) is 6.07 Å². The molecule has 0 unspecified atom stereocenters. The summed E-state index contributed by atoms with van der Waals surface area (Å²) >= 11 is 0. The van der Waals surface area contributed by atoms with E-state index in [2.05, 4.69) is 4.98 Å². The van der Waals surface area contributed by atoms with Crippen molar-refractivity contribution >= 4 is 11.7 Å². The number of aromatic nitrogens is 1. The van der Waals surface area contributed by atoms with E-state index in [1.807, 2.05) is 5.43 Å². The average Bonchev–Trinajstić information content (AvgIpc) is 3.25. The number of ether oxygens (including phenoxy) is 2. The first-order valence-electron chi connectivity index (χ1n) is 9.04. The molecule has 2 saturated heterocycles. The van der Waals surface area contributed by atoms with Gasteiger partial charge in [0, 0.05) is 5.92 Å². The van der Waals surface area contributed by atoms with Gasteiger partial charge in [0.05, 0.1) is 17.7 Å². The minimum absolute atomic E-state index is 0.0586. The molecule has 1 aliphatic carbocycles. The molecule has 1 amide bonds. The predicted molar refractivity (Wildman–Crippen MR) is 88.6 cm³/mol. The molecule has 1 aromatic heterocycles. The van der Waals surface area contributed by atoms with Crippen LogP contribution in [0.2, 0.25) is 0 Å². The number of halogens is 6. The lowest BCUT2D eigenvalue weighted by Crippen LogP contribution is -2.59. The molecule has 1 saturated carbocycles. The standard InChI is InChI=1S/C17H18F6N4O3/c1-15(2)29-12-7-5-8(13(12)30-15)27(11(7)14(28)26-24)10-4-6(16(18,19)20)3-9(25-10)17(21,22)23/h3-4,7-8,11-13H,5,24H2,1-2H3,(H,26,28)/t7-,8-,11-,12-,13+/m0/s1. The first-order valence-corrected chi connectivity index (χ1v) is 9.04. The first-order chi connectivity index (χ1) is 13.7. The first kappa shape index (κ1) is 21.1. The Morgan fingerprint density at radius 1 is 1.17 bits per heavy atom. The van der Waals surface area contributed by atoms with Crippen molar-refractivity contribution in [3.63, 3.8) is 0 Å². The Kier molecular flexibility index (Phi) is 4.53. The van der Waals surface area contributed by atoms with E-state index in [-0.39, 0.29) is 12.5 Å².